The van der Waals surface area contributed by atoms with E-state index in [9.17, 15) is 9.59 Å². The SMILES string of the molecule is COC1CC(=O)N(C)C(=O)N1. The summed E-state index contributed by atoms with van der Waals surface area (Å²) in [7, 11) is 2.88. The third kappa shape index (κ3) is 1.48. The molecule has 1 heterocycles. The Morgan fingerprint density at radius 3 is 2.73 bits per heavy atom. The molecule has 1 fully saturated rings. The lowest BCUT2D eigenvalue weighted by molar-refractivity contribution is -0.132. The number of methoxy groups -OCH3 is 1. The maximum Gasteiger partial charge on any atom is 0.325 e. The van der Waals surface area contributed by atoms with Crippen molar-refractivity contribution >= 4 is 11.9 Å². The summed E-state index contributed by atoms with van der Waals surface area (Å²) in [6.07, 6.45) is -0.259. The number of imide groups is 1. The summed E-state index contributed by atoms with van der Waals surface area (Å²) in [6, 6.07) is -0.409. The number of carbonyl (C=O) groups is 2. The highest BCUT2D eigenvalue weighted by Crippen LogP contribution is 2.04. The Kier molecular flexibility index (Phi) is 2.09. The monoisotopic (exact) mass is 158 g/mol. The number of hydrogen-bond acceptors (Lipinski definition) is 3. The molecule has 1 rings (SSSR count). The van der Waals surface area contributed by atoms with Gasteiger partial charge in [-0.3, -0.25) is 9.69 Å². The molecule has 0 aromatic heterocycles. The van der Waals surface area contributed by atoms with Crippen molar-refractivity contribution in [3.8, 4) is 0 Å². The summed E-state index contributed by atoms with van der Waals surface area (Å²) in [5.74, 6) is -0.222. The van der Waals surface area contributed by atoms with Gasteiger partial charge in [0.05, 0.1) is 6.42 Å². The molecule has 1 saturated heterocycles. The van der Waals surface area contributed by atoms with Crippen LogP contribution in [-0.2, 0) is 9.53 Å². The van der Waals surface area contributed by atoms with Crippen molar-refractivity contribution in [2.75, 3.05) is 14.2 Å². The number of nitrogens with one attached hydrogen (secondary N) is 1. The van der Waals surface area contributed by atoms with Gasteiger partial charge in [-0.2, -0.15) is 0 Å². The van der Waals surface area contributed by atoms with Crippen LogP contribution >= 0.6 is 0 Å². The highest BCUT2D eigenvalue weighted by atomic mass is 16.5. The highest BCUT2D eigenvalue weighted by molar-refractivity contribution is 5.96. The van der Waals surface area contributed by atoms with Crippen LogP contribution < -0.4 is 5.32 Å². The first-order chi connectivity index (χ1) is 5.15. The maximum absolute atomic E-state index is 11.0. The van der Waals surface area contributed by atoms with Crippen LogP contribution in [0.2, 0.25) is 0 Å². The van der Waals surface area contributed by atoms with E-state index in [2.05, 4.69) is 5.32 Å². The molecule has 0 aliphatic carbocycles. The van der Waals surface area contributed by atoms with E-state index in [0.717, 1.165) is 4.90 Å². The van der Waals surface area contributed by atoms with Gasteiger partial charge < -0.3 is 10.1 Å². The van der Waals surface area contributed by atoms with Crippen LogP contribution in [0.5, 0.6) is 0 Å². The third-order valence-electron chi connectivity index (χ3n) is 1.61. The quantitative estimate of drug-likeness (QED) is 0.561. The first-order valence-electron chi connectivity index (χ1n) is 3.25. The molecule has 0 aromatic rings. The minimum Gasteiger partial charge on any atom is -0.361 e. The van der Waals surface area contributed by atoms with E-state index in [1.54, 1.807) is 0 Å². The van der Waals surface area contributed by atoms with E-state index in [1.807, 2.05) is 0 Å². The smallest absolute Gasteiger partial charge is 0.325 e. The molecule has 1 aliphatic heterocycles. The topological polar surface area (TPSA) is 58.6 Å². The Morgan fingerprint density at radius 1 is 1.64 bits per heavy atom. The van der Waals surface area contributed by atoms with Crippen molar-refractivity contribution in [3.05, 3.63) is 0 Å². The third-order valence-corrected chi connectivity index (χ3v) is 1.61. The van der Waals surface area contributed by atoms with Gasteiger partial charge in [-0.1, -0.05) is 0 Å². The second kappa shape index (κ2) is 2.87. The molecule has 0 spiro atoms. The van der Waals surface area contributed by atoms with E-state index < -0.39 is 12.3 Å². The molecule has 1 atom stereocenters. The predicted octanol–water partition coefficient (Wildman–Crippen LogP) is -0.469. The van der Waals surface area contributed by atoms with Gasteiger partial charge in [0.1, 0.15) is 6.23 Å². The number of carbonyl (C=O) groups excluding carboxylic acids is 2. The molecule has 1 aliphatic rings. The van der Waals surface area contributed by atoms with Crippen LogP contribution in [0.3, 0.4) is 0 Å². The van der Waals surface area contributed by atoms with E-state index in [0.29, 0.717) is 0 Å². The zero-order valence-electron chi connectivity index (χ0n) is 6.46. The minimum atomic E-state index is -0.466. The van der Waals surface area contributed by atoms with Crippen LogP contribution in [-0.4, -0.2) is 37.2 Å². The van der Waals surface area contributed by atoms with E-state index in [1.165, 1.54) is 14.2 Å². The first kappa shape index (κ1) is 8.00. The molecule has 0 saturated carbocycles. The van der Waals surface area contributed by atoms with E-state index in [-0.39, 0.29) is 12.3 Å². The van der Waals surface area contributed by atoms with Gasteiger partial charge in [0, 0.05) is 14.2 Å². The molecule has 1 N–H and O–H groups in total. The van der Waals surface area contributed by atoms with Crippen molar-refractivity contribution in [2.45, 2.75) is 12.6 Å². The van der Waals surface area contributed by atoms with Crippen molar-refractivity contribution < 1.29 is 14.3 Å². The fourth-order valence-corrected chi connectivity index (χ4v) is 0.837. The van der Waals surface area contributed by atoms with Crippen molar-refractivity contribution in [3.63, 3.8) is 0 Å². The Labute approximate surface area is 64.3 Å². The molecule has 0 radical (unpaired) electrons. The van der Waals surface area contributed by atoms with E-state index in [4.69, 9.17) is 4.74 Å². The van der Waals surface area contributed by atoms with Crippen molar-refractivity contribution in [1.29, 1.82) is 0 Å². The number of nitrogens with zero attached hydrogens (tertiary/aromatic N) is 1. The van der Waals surface area contributed by atoms with Crippen molar-refractivity contribution in [1.82, 2.24) is 10.2 Å². The van der Waals surface area contributed by atoms with Gasteiger partial charge in [-0.25, -0.2) is 4.79 Å². The number of amides is 3. The normalized spacial score (nSPS) is 25.3. The van der Waals surface area contributed by atoms with Gasteiger partial charge in [0.25, 0.3) is 0 Å². The van der Waals surface area contributed by atoms with E-state index >= 15 is 0 Å². The molecule has 3 amide bonds. The summed E-state index contributed by atoms with van der Waals surface area (Å²) in [6.45, 7) is 0. The zero-order chi connectivity index (χ0) is 8.43. The van der Waals surface area contributed by atoms with Gasteiger partial charge in [0.2, 0.25) is 5.91 Å². The summed E-state index contributed by atoms with van der Waals surface area (Å²) in [5, 5.41) is 2.49. The number of rotatable bonds is 1. The number of hydrogen-bond donors (Lipinski definition) is 1. The standard InChI is InChI=1S/C6H10N2O3/c1-8-5(9)3-4(11-2)7-6(8)10/h4H,3H2,1-2H3,(H,7,10). The molecule has 5 nitrogen and oxygen atoms in total. The van der Waals surface area contributed by atoms with Gasteiger partial charge in [-0.15, -0.1) is 0 Å². The van der Waals surface area contributed by atoms with Gasteiger partial charge in [0.15, 0.2) is 0 Å². The Balaban J connectivity index is 2.62. The fourth-order valence-electron chi connectivity index (χ4n) is 0.837. The average Bonchev–Trinajstić information content (AvgIpc) is 1.99. The molecular formula is C6H10N2O3. The van der Waals surface area contributed by atoms with Crippen molar-refractivity contribution in [2.24, 2.45) is 0 Å². The molecule has 1 unspecified atom stereocenters. The predicted molar refractivity (Wildman–Crippen MR) is 36.7 cm³/mol. The lowest BCUT2D eigenvalue weighted by Gasteiger charge is -2.27. The zero-order valence-corrected chi connectivity index (χ0v) is 6.46. The lowest BCUT2D eigenvalue weighted by atomic mass is 10.3. The fraction of sp³-hybridized carbons (Fsp3) is 0.667. The highest BCUT2D eigenvalue weighted by Gasteiger charge is 2.28. The summed E-state index contributed by atoms with van der Waals surface area (Å²) in [4.78, 5) is 22.9. The Bertz CT molecular complexity index is 174. The molecule has 0 bridgehead atoms. The minimum absolute atomic E-state index is 0.207. The lowest BCUT2D eigenvalue weighted by Crippen LogP contribution is -2.53. The molecule has 0 aromatic carbocycles. The largest absolute Gasteiger partial charge is 0.361 e. The van der Waals surface area contributed by atoms with Crippen LogP contribution in [0.25, 0.3) is 0 Å². The van der Waals surface area contributed by atoms with Gasteiger partial charge in [-0.05, 0) is 0 Å². The number of urea groups is 1. The van der Waals surface area contributed by atoms with Crippen LogP contribution in [0.4, 0.5) is 4.79 Å². The Hall–Kier alpha value is -1.10. The summed E-state index contributed by atoms with van der Waals surface area (Å²) in [5.41, 5.74) is 0. The first-order valence-corrected chi connectivity index (χ1v) is 3.25. The molecule has 5 heteroatoms. The molecular weight excluding hydrogens is 148 g/mol. The summed E-state index contributed by atoms with van der Waals surface area (Å²) < 4.78 is 4.80. The summed E-state index contributed by atoms with van der Waals surface area (Å²) >= 11 is 0. The van der Waals surface area contributed by atoms with Gasteiger partial charge >= 0.3 is 6.03 Å². The second-order valence-electron chi connectivity index (χ2n) is 2.33. The van der Waals surface area contributed by atoms with Crippen LogP contribution in [0, 0.1) is 0 Å². The maximum atomic E-state index is 11.0. The average molecular weight is 158 g/mol. The molecule has 11 heavy (non-hydrogen) atoms. The van der Waals surface area contributed by atoms with Crippen LogP contribution in [0.1, 0.15) is 6.42 Å². The number of ether oxygens (including phenoxy) is 1. The second-order valence-corrected chi connectivity index (χ2v) is 2.33. The Morgan fingerprint density at radius 2 is 2.27 bits per heavy atom. The molecule has 62 valence electrons. The van der Waals surface area contributed by atoms with Crippen LogP contribution in [0.15, 0.2) is 0 Å².